The second-order valence-electron chi connectivity index (χ2n) is 4.03. The molecule has 0 saturated heterocycles. The molecule has 0 aliphatic rings. The number of methoxy groups -OCH3 is 1. The van der Waals surface area contributed by atoms with Crippen LogP contribution in [0.4, 0.5) is 8.78 Å². The summed E-state index contributed by atoms with van der Waals surface area (Å²) < 4.78 is 37.2. The highest BCUT2D eigenvalue weighted by Crippen LogP contribution is 2.21. The fourth-order valence-corrected chi connectivity index (χ4v) is 1.73. The molecule has 6 nitrogen and oxygen atoms in total. The van der Waals surface area contributed by atoms with E-state index < -0.39 is 35.6 Å². The number of benzene rings is 1. The number of aliphatic hydroxyl groups is 1. The Hall–Kier alpha value is -2.06. The molecule has 1 aromatic carbocycles. The summed E-state index contributed by atoms with van der Waals surface area (Å²) in [6.45, 7) is -0.448. The van der Waals surface area contributed by atoms with Gasteiger partial charge in [-0.1, -0.05) is 6.07 Å². The monoisotopic (exact) mass is 286 g/mol. The Morgan fingerprint density at radius 3 is 2.70 bits per heavy atom. The van der Waals surface area contributed by atoms with Crippen molar-refractivity contribution in [3.63, 3.8) is 0 Å². The number of nitrogens with zero attached hydrogens (tertiary/aromatic N) is 2. The van der Waals surface area contributed by atoms with E-state index in [0.29, 0.717) is 0 Å². The molecule has 0 aliphatic carbocycles. The van der Waals surface area contributed by atoms with E-state index in [0.717, 1.165) is 16.8 Å². The van der Waals surface area contributed by atoms with Crippen LogP contribution in [-0.4, -0.2) is 22.0 Å². The molecule has 0 radical (unpaired) electrons. The first-order chi connectivity index (χ1) is 9.52. The van der Waals surface area contributed by atoms with Crippen molar-refractivity contribution in [2.45, 2.75) is 19.3 Å². The number of ether oxygens (including phenoxy) is 1. The lowest BCUT2D eigenvalue weighted by Crippen LogP contribution is -2.21. The summed E-state index contributed by atoms with van der Waals surface area (Å²) in [6, 6.07) is 3.22. The van der Waals surface area contributed by atoms with Gasteiger partial charge in [-0.05, 0) is 12.1 Å². The summed E-state index contributed by atoms with van der Waals surface area (Å²) >= 11 is 0. The molecule has 0 aliphatic heterocycles. The average Bonchev–Trinajstić information content (AvgIpc) is 2.70. The van der Waals surface area contributed by atoms with Crippen molar-refractivity contribution in [1.82, 2.24) is 9.78 Å². The molecule has 0 amide bonds. The second-order valence-corrected chi connectivity index (χ2v) is 4.03. The molecule has 0 saturated carbocycles. The van der Waals surface area contributed by atoms with Crippen molar-refractivity contribution in [3.8, 4) is 0 Å². The van der Waals surface area contributed by atoms with Crippen LogP contribution in [0, 0.1) is 11.6 Å². The molecule has 0 fully saturated rings. The van der Waals surface area contributed by atoms with Gasteiger partial charge in [-0.2, -0.15) is 4.68 Å². The predicted octanol–water partition coefficient (Wildman–Crippen LogP) is 0.995. The first-order valence-corrected chi connectivity index (χ1v) is 5.70. The van der Waals surface area contributed by atoms with Crippen molar-refractivity contribution < 1.29 is 23.0 Å². The van der Waals surface area contributed by atoms with E-state index in [-0.39, 0.29) is 12.5 Å². The standard InChI is InChI=1S/C12H12F2N2O4/c1-19-6-10-15-16(12(18)20-10)5-9(17)11-7(13)3-2-4-8(11)14/h2-4,9,17H,5-6H2,1H3. The van der Waals surface area contributed by atoms with Gasteiger partial charge in [0.25, 0.3) is 0 Å². The zero-order valence-corrected chi connectivity index (χ0v) is 10.5. The highest BCUT2D eigenvalue weighted by atomic mass is 19.1. The van der Waals surface area contributed by atoms with E-state index in [9.17, 15) is 18.7 Å². The lowest BCUT2D eigenvalue weighted by atomic mass is 10.1. The molecular formula is C12H12F2N2O4. The minimum absolute atomic E-state index is 0.0127. The summed E-state index contributed by atoms with van der Waals surface area (Å²) in [4.78, 5) is 11.4. The zero-order chi connectivity index (χ0) is 14.7. The minimum atomic E-state index is -1.56. The summed E-state index contributed by atoms with van der Waals surface area (Å²) in [7, 11) is 1.39. The lowest BCUT2D eigenvalue weighted by Gasteiger charge is -2.11. The SMILES string of the molecule is COCc1nn(CC(O)c2c(F)cccc2F)c(=O)o1. The molecule has 1 heterocycles. The van der Waals surface area contributed by atoms with Gasteiger partial charge in [-0.25, -0.2) is 13.6 Å². The Morgan fingerprint density at radius 2 is 2.10 bits per heavy atom. The largest absolute Gasteiger partial charge is 0.437 e. The molecule has 20 heavy (non-hydrogen) atoms. The van der Waals surface area contributed by atoms with Crippen LogP contribution >= 0.6 is 0 Å². The van der Waals surface area contributed by atoms with E-state index >= 15 is 0 Å². The van der Waals surface area contributed by atoms with Gasteiger partial charge >= 0.3 is 5.76 Å². The molecule has 108 valence electrons. The van der Waals surface area contributed by atoms with Gasteiger partial charge in [-0.15, -0.1) is 5.10 Å². The highest BCUT2D eigenvalue weighted by Gasteiger charge is 2.20. The number of halogens is 2. The summed E-state index contributed by atoms with van der Waals surface area (Å²) in [5.41, 5.74) is -0.518. The molecule has 1 unspecified atom stereocenters. The second kappa shape index (κ2) is 5.93. The van der Waals surface area contributed by atoms with Crippen molar-refractivity contribution >= 4 is 0 Å². The summed E-state index contributed by atoms with van der Waals surface area (Å²) in [6.07, 6.45) is -1.56. The van der Waals surface area contributed by atoms with Gasteiger partial charge in [0.1, 0.15) is 24.3 Å². The quantitative estimate of drug-likeness (QED) is 0.887. The summed E-state index contributed by atoms with van der Waals surface area (Å²) in [5, 5.41) is 13.6. The van der Waals surface area contributed by atoms with E-state index in [1.807, 2.05) is 0 Å². The molecule has 8 heteroatoms. The van der Waals surface area contributed by atoms with E-state index in [1.165, 1.54) is 13.2 Å². The fraction of sp³-hybridized carbons (Fsp3) is 0.333. The van der Waals surface area contributed by atoms with Gasteiger partial charge < -0.3 is 14.3 Å². The topological polar surface area (TPSA) is 77.5 Å². The van der Waals surface area contributed by atoms with Crippen LogP contribution in [-0.2, 0) is 17.9 Å². The van der Waals surface area contributed by atoms with E-state index in [1.54, 1.807) is 0 Å². The van der Waals surface area contributed by atoms with Crippen LogP contribution < -0.4 is 5.76 Å². The van der Waals surface area contributed by atoms with Crippen LogP contribution in [0.25, 0.3) is 0 Å². The predicted molar refractivity (Wildman–Crippen MR) is 62.8 cm³/mol. The third-order valence-electron chi connectivity index (χ3n) is 2.59. The Kier molecular flexibility index (Phi) is 4.26. The van der Waals surface area contributed by atoms with Gasteiger partial charge in [0.05, 0.1) is 12.1 Å². The smallest absolute Gasteiger partial charge is 0.390 e. The third kappa shape index (κ3) is 2.91. The van der Waals surface area contributed by atoms with Crippen molar-refractivity contribution in [2.75, 3.05) is 7.11 Å². The average molecular weight is 286 g/mol. The normalized spacial score (nSPS) is 12.6. The van der Waals surface area contributed by atoms with E-state index in [4.69, 9.17) is 9.15 Å². The molecule has 1 atom stereocenters. The number of rotatable bonds is 5. The van der Waals surface area contributed by atoms with Crippen molar-refractivity contribution in [2.24, 2.45) is 0 Å². The maximum Gasteiger partial charge on any atom is 0.437 e. The number of hydrogen-bond donors (Lipinski definition) is 1. The van der Waals surface area contributed by atoms with Gasteiger partial charge in [0, 0.05) is 7.11 Å². The highest BCUT2D eigenvalue weighted by molar-refractivity contribution is 5.21. The summed E-state index contributed by atoms with van der Waals surface area (Å²) in [5.74, 6) is -2.62. The Labute approximate surface area is 112 Å². The van der Waals surface area contributed by atoms with Gasteiger partial charge in [0.15, 0.2) is 0 Å². The minimum Gasteiger partial charge on any atom is -0.390 e. The van der Waals surface area contributed by atoms with E-state index in [2.05, 4.69) is 5.10 Å². The molecule has 0 spiro atoms. The fourth-order valence-electron chi connectivity index (χ4n) is 1.73. The Balaban J connectivity index is 2.23. The maximum atomic E-state index is 13.5. The van der Waals surface area contributed by atoms with Crippen LogP contribution in [0.15, 0.2) is 27.4 Å². The lowest BCUT2D eigenvalue weighted by molar-refractivity contribution is 0.139. The molecule has 2 rings (SSSR count). The molecular weight excluding hydrogens is 274 g/mol. The van der Waals surface area contributed by atoms with Crippen molar-refractivity contribution in [1.29, 1.82) is 0 Å². The molecule has 1 N–H and O–H groups in total. The Bertz CT molecular complexity index is 633. The van der Waals surface area contributed by atoms with Crippen LogP contribution in [0.3, 0.4) is 0 Å². The van der Waals surface area contributed by atoms with Crippen molar-refractivity contribution in [3.05, 3.63) is 51.8 Å². The maximum absolute atomic E-state index is 13.5. The van der Waals surface area contributed by atoms with Gasteiger partial charge in [-0.3, -0.25) is 0 Å². The first-order valence-electron chi connectivity index (χ1n) is 5.70. The van der Waals surface area contributed by atoms with Crippen LogP contribution in [0.2, 0.25) is 0 Å². The molecule has 2 aromatic rings. The van der Waals surface area contributed by atoms with Gasteiger partial charge in [0.2, 0.25) is 5.89 Å². The number of aliphatic hydroxyl groups excluding tert-OH is 1. The van der Waals surface area contributed by atoms with Crippen LogP contribution in [0.5, 0.6) is 0 Å². The zero-order valence-electron chi connectivity index (χ0n) is 10.5. The first kappa shape index (κ1) is 14.4. The van der Waals surface area contributed by atoms with Crippen LogP contribution in [0.1, 0.15) is 17.6 Å². The molecule has 0 bridgehead atoms. The Morgan fingerprint density at radius 1 is 1.45 bits per heavy atom. The number of aromatic nitrogens is 2. The third-order valence-corrected chi connectivity index (χ3v) is 2.59. The number of hydrogen-bond acceptors (Lipinski definition) is 5. The molecule has 1 aromatic heterocycles.